The predicted molar refractivity (Wildman–Crippen MR) is 72.6 cm³/mol. The molecule has 0 fully saturated rings. The van der Waals surface area contributed by atoms with E-state index >= 15 is 0 Å². The number of hydrogen-bond acceptors (Lipinski definition) is 4. The summed E-state index contributed by atoms with van der Waals surface area (Å²) >= 11 is 6.05. The molecule has 5 heteroatoms. The standard InChI is InChI=1S/C14H12ClNO3/c1-18-10-5-3-9(4-6-10)13-12(14(17)19-2)11(15)7-8-16-13/h3-8H,1-2H3. The van der Waals surface area contributed by atoms with E-state index in [1.165, 1.54) is 7.11 Å². The third-order valence-corrected chi connectivity index (χ3v) is 2.97. The molecule has 2 aromatic rings. The molecule has 0 amide bonds. The first-order valence-corrected chi connectivity index (χ1v) is 5.92. The minimum Gasteiger partial charge on any atom is -0.497 e. The molecule has 0 aliphatic heterocycles. The van der Waals surface area contributed by atoms with Crippen LogP contribution in [-0.2, 0) is 4.74 Å². The van der Waals surface area contributed by atoms with E-state index in [0.717, 1.165) is 11.3 Å². The maximum atomic E-state index is 11.8. The lowest BCUT2D eigenvalue weighted by Crippen LogP contribution is -2.06. The molecule has 1 aromatic carbocycles. The average molecular weight is 278 g/mol. The van der Waals surface area contributed by atoms with E-state index in [0.29, 0.717) is 10.7 Å². The highest BCUT2D eigenvalue weighted by molar-refractivity contribution is 6.34. The van der Waals surface area contributed by atoms with Gasteiger partial charge in [-0.05, 0) is 30.3 Å². The van der Waals surface area contributed by atoms with Gasteiger partial charge in [-0.2, -0.15) is 0 Å². The SMILES string of the molecule is COC(=O)c1c(Cl)ccnc1-c1ccc(OC)cc1. The maximum Gasteiger partial charge on any atom is 0.341 e. The first kappa shape index (κ1) is 13.4. The predicted octanol–water partition coefficient (Wildman–Crippen LogP) is 3.20. The highest BCUT2D eigenvalue weighted by Crippen LogP contribution is 2.28. The topological polar surface area (TPSA) is 48.4 Å². The van der Waals surface area contributed by atoms with E-state index in [-0.39, 0.29) is 5.56 Å². The third kappa shape index (κ3) is 2.69. The van der Waals surface area contributed by atoms with E-state index in [9.17, 15) is 4.79 Å². The molecule has 4 nitrogen and oxygen atoms in total. The summed E-state index contributed by atoms with van der Waals surface area (Å²) < 4.78 is 9.83. The summed E-state index contributed by atoms with van der Waals surface area (Å²) in [6, 6.07) is 8.76. The van der Waals surface area contributed by atoms with Crippen LogP contribution in [0.2, 0.25) is 5.02 Å². The van der Waals surface area contributed by atoms with Crippen LogP contribution >= 0.6 is 11.6 Å². The number of ether oxygens (including phenoxy) is 2. The third-order valence-electron chi connectivity index (χ3n) is 2.65. The molecule has 0 radical (unpaired) electrons. The van der Waals surface area contributed by atoms with Crippen molar-refractivity contribution in [3.8, 4) is 17.0 Å². The van der Waals surface area contributed by atoms with Crippen molar-refractivity contribution >= 4 is 17.6 Å². The lowest BCUT2D eigenvalue weighted by Gasteiger charge is -2.09. The van der Waals surface area contributed by atoms with Crippen LogP contribution in [0.15, 0.2) is 36.5 Å². The van der Waals surface area contributed by atoms with Gasteiger partial charge in [-0.1, -0.05) is 11.6 Å². The fourth-order valence-electron chi connectivity index (χ4n) is 1.70. The minimum atomic E-state index is -0.510. The first-order chi connectivity index (χ1) is 9.17. The molecular weight excluding hydrogens is 266 g/mol. The maximum absolute atomic E-state index is 11.8. The lowest BCUT2D eigenvalue weighted by atomic mass is 10.1. The Balaban J connectivity index is 2.54. The molecular formula is C14H12ClNO3. The largest absolute Gasteiger partial charge is 0.497 e. The van der Waals surface area contributed by atoms with Crippen molar-refractivity contribution in [3.63, 3.8) is 0 Å². The van der Waals surface area contributed by atoms with Gasteiger partial charge in [0.2, 0.25) is 0 Å². The Kier molecular flexibility index (Phi) is 4.02. The van der Waals surface area contributed by atoms with E-state index in [1.807, 2.05) is 12.1 Å². The van der Waals surface area contributed by atoms with Crippen molar-refractivity contribution in [2.45, 2.75) is 0 Å². The number of aromatic nitrogens is 1. The second-order valence-corrected chi connectivity index (χ2v) is 4.14. The van der Waals surface area contributed by atoms with Crippen LogP contribution in [0.4, 0.5) is 0 Å². The quantitative estimate of drug-likeness (QED) is 0.809. The molecule has 0 unspecified atom stereocenters. The minimum absolute atomic E-state index is 0.261. The second-order valence-electron chi connectivity index (χ2n) is 3.74. The van der Waals surface area contributed by atoms with Gasteiger partial charge in [0.1, 0.15) is 11.3 Å². The Hall–Kier alpha value is -2.07. The zero-order chi connectivity index (χ0) is 13.8. The Morgan fingerprint density at radius 2 is 1.84 bits per heavy atom. The van der Waals surface area contributed by atoms with Crippen LogP contribution in [0.25, 0.3) is 11.3 Å². The van der Waals surface area contributed by atoms with Gasteiger partial charge in [0.05, 0.1) is 24.9 Å². The van der Waals surface area contributed by atoms with Gasteiger partial charge in [0.15, 0.2) is 0 Å². The van der Waals surface area contributed by atoms with Crippen molar-refractivity contribution in [1.29, 1.82) is 0 Å². The molecule has 0 bridgehead atoms. The zero-order valence-electron chi connectivity index (χ0n) is 10.5. The monoisotopic (exact) mass is 277 g/mol. The summed E-state index contributed by atoms with van der Waals surface area (Å²) in [6.07, 6.45) is 1.55. The number of nitrogens with zero attached hydrogens (tertiary/aromatic N) is 1. The van der Waals surface area contributed by atoms with Gasteiger partial charge in [0, 0.05) is 11.8 Å². The van der Waals surface area contributed by atoms with Crippen molar-refractivity contribution < 1.29 is 14.3 Å². The van der Waals surface area contributed by atoms with Gasteiger partial charge in [0.25, 0.3) is 0 Å². The number of carbonyl (C=O) groups is 1. The lowest BCUT2D eigenvalue weighted by molar-refractivity contribution is 0.0601. The number of hydrogen-bond donors (Lipinski definition) is 0. The fraction of sp³-hybridized carbons (Fsp3) is 0.143. The summed E-state index contributed by atoms with van der Waals surface area (Å²) in [5, 5.41) is 0.313. The highest BCUT2D eigenvalue weighted by atomic mass is 35.5. The normalized spacial score (nSPS) is 10.1. The summed E-state index contributed by atoms with van der Waals surface area (Å²) in [5.74, 6) is 0.217. The average Bonchev–Trinajstić information content (AvgIpc) is 2.46. The van der Waals surface area contributed by atoms with E-state index in [1.54, 1.807) is 31.5 Å². The Bertz CT molecular complexity index is 596. The number of esters is 1. The molecule has 0 spiro atoms. The van der Waals surface area contributed by atoms with E-state index < -0.39 is 5.97 Å². The van der Waals surface area contributed by atoms with Gasteiger partial charge < -0.3 is 9.47 Å². The van der Waals surface area contributed by atoms with Gasteiger partial charge >= 0.3 is 5.97 Å². The molecule has 1 heterocycles. The van der Waals surface area contributed by atoms with E-state index in [2.05, 4.69) is 4.98 Å². The number of benzene rings is 1. The smallest absolute Gasteiger partial charge is 0.341 e. The number of rotatable bonds is 3. The molecule has 98 valence electrons. The number of methoxy groups -OCH3 is 2. The number of halogens is 1. The van der Waals surface area contributed by atoms with Crippen molar-refractivity contribution in [2.24, 2.45) is 0 Å². The highest BCUT2D eigenvalue weighted by Gasteiger charge is 2.18. The second kappa shape index (κ2) is 5.71. The van der Waals surface area contributed by atoms with Gasteiger partial charge in [-0.25, -0.2) is 4.79 Å². The Labute approximate surface area is 115 Å². The Morgan fingerprint density at radius 1 is 1.16 bits per heavy atom. The van der Waals surface area contributed by atoms with Crippen LogP contribution in [0.1, 0.15) is 10.4 Å². The van der Waals surface area contributed by atoms with Crippen LogP contribution in [0.3, 0.4) is 0 Å². The van der Waals surface area contributed by atoms with Gasteiger partial charge in [-0.15, -0.1) is 0 Å². The number of pyridine rings is 1. The summed E-state index contributed by atoms with van der Waals surface area (Å²) in [4.78, 5) is 16.0. The van der Waals surface area contributed by atoms with Crippen molar-refractivity contribution in [2.75, 3.05) is 14.2 Å². The molecule has 1 aromatic heterocycles. The number of carbonyl (C=O) groups excluding carboxylic acids is 1. The van der Waals surface area contributed by atoms with Crippen LogP contribution in [0, 0.1) is 0 Å². The summed E-state index contributed by atoms with van der Waals surface area (Å²) in [6.45, 7) is 0. The van der Waals surface area contributed by atoms with Gasteiger partial charge in [-0.3, -0.25) is 4.98 Å². The molecule has 0 N–H and O–H groups in total. The van der Waals surface area contributed by atoms with Crippen LogP contribution < -0.4 is 4.74 Å². The first-order valence-electron chi connectivity index (χ1n) is 5.54. The van der Waals surface area contributed by atoms with Crippen LogP contribution in [0.5, 0.6) is 5.75 Å². The van der Waals surface area contributed by atoms with Crippen LogP contribution in [-0.4, -0.2) is 25.2 Å². The van der Waals surface area contributed by atoms with E-state index in [4.69, 9.17) is 21.1 Å². The molecule has 19 heavy (non-hydrogen) atoms. The fourth-order valence-corrected chi connectivity index (χ4v) is 1.93. The summed E-state index contributed by atoms with van der Waals surface area (Å²) in [7, 11) is 2.90. The molecule has 0 atom stereocenters. The molecule has 2 rings (SSSR count). The van der Waals surface area contributed by atoms with Crippen molar-refractivity contribution in [1.82, 2.24) is 4.98 Å². The molecule has 0 aliphatic carbocycles. The van der Waals surface area contributed by atoms with Crippen molar-refractivity contribution in [3.05, 3.63) is 47.1 Å². The zero-order valence-corrected chi connectivity index (χ0v) is 11.3. The molecule has 0 saturated carbocycles. The Morgan fingerprint density at radius 3 is 2.42 bits per heavy atom. The molecule has 0 saturated heterocycles. The summed E-state index contributed by atoms with van der Waals surface area (Å²) in [5.41, 5.74) is 1.52. The molecule has 0 aliphatic rings.